The van der Waals surface area contributed by atoms with Crippen molar-refractivity contribution in [2.45, 2.75) is 24.2 Å². The van der Waals surface area contributed by atoms with Gasteiger partial charge >= 0.3 is 0 Å². The van der Waals surface area contributed by atoms with Gasteiger partial charge in [-0.15, -0.1) is 11.3 Å². The molecule has 34 heavy (non-hydrogen) atoms. The first-order chi connectivity index (χ1) is 16.5. The molecule has 0 bridgehead atoms. The van der Waals surface area contributed by atoms with Crippen molar-refractivity contribution in [2.24, 2.45) is 5.14 Å². The third kappa shape index (κ3) is 3.81. The third-order valence-electron chi connectivity index (χ3n) is 6.57. The molecule has 0 saturated carbocycles. The van der Waals surface area contributed by atoms with Gasteiger partial charge in [0.2, 0.25) is 10.0 Å². The van der Waals surface area contributed by atoms with Crippen LogP contribution in [0.1, 0.15) is 16.9 Å². The Kier molecular flexibility index (Phi) is 5.23. The summed E-state index contributed by atoms with van der Waals surface area (Å²) in [6, 6.07) is 10.7. The minimum Gasteiger partial charge on any atom is -0.368 e. The van der Waals surface area contributed by atoms with Crippen molar-refractivity contribution in [3.05, 3.63) is 59.2 Å². The quantitative estimate of drug-likeness (QED) is 0.466. The van der Waals surface area contributed by atoms with E-state index in [2.05, 4.69) is 14.8 Å². The number of hydrogen-bond acceptors (Lipinski definition) is 8. The van der Waals surface area contributed by atoms with Crippen LogP contribution < -0.4 is 14.9 Å². The van der Waals surface area contributed by atoms with Gasteiger partial charge in [-0.05, 0) is 61.2 Å². The average Bonchev–Trinajstić information content (AvgIpc) is 3.45. The fourth-order valence-corrected chi connectivity index (χ4v) is 6.62. The van der Waals surface area contributed by atoms with Crippen LogP contribution in [0.4, 0.5) is 11.5 Å². The number of fused-ring (bicyclic) bond motifs is 3. The number of rotatable bonds is 4. The van der Waals surface area contributed by atoms with Crippen molar-refractivity contribution in [2.75, 3.05) is 36.0 Å². The van der Waals surface area contributed by atoms with E-state index in [4.69, 9.17) is 15.1 Å². The number of nitrogens with zero attached hydrogens (tertiary/aromatic N) is 5. The van der Waals surface area contributed by atoms with Crippen LogP contribution in [0.3, 0.4) is 0 Å². The van der Waals surface area contributed by atoms with Gasteiger partial charge in [0.25, 0.3) is 0 Å². The first kappa shape index (κ1) is 21.5. The van der Waals surface area contributed by atoms with Crippen LogP contribution in [0.2, 0.25) is 0 Å². The molecule has 6 rings (SSSR count). The predicted molar refractivity (Wildman–Crippen MR) is 135 cm³/mol. The second kappa shape index (κ2) is 8.30. The van der Waals surface area contributed by atoms with Gasteiger partial charge in [-0.3, -0.25) is 4.98 Å². The molecule has 0 spiro atoms. The fraction of sp³-hybridized carbons (Fsp3) is 0.292. The normalized spacial score (nSPS) is 16.3. The smallest absolute Gasteiger partial charge is 0.238 e. The van der Waals surface area contributed by atoms with E-state index in [9.17, 15) is 8.42 Å². The van der Waals surface area contributed by atoms with Gasteiger partial charge < -0.3 is 9.80 Å². The summed E-state index contributed by atoms with van der Waals surface area (Å²) in [5.41, 5.74) is 3.34. The van der Waals surface area contributed by atoms with E-state index in [0.717, 1.165) is 66.7 Å². The van der Waals surface area contributed by atoms with Crippen LogP contribution in [0, 0.1) is 0 Å². The minimum atomic E-state index is -3.69. The van der Waals surface area contributed by atoms with Gasteiger partial charge in [0.1, 0.15) is 10.6 Å². The van der Waals surface area contributed by atoms with Crippen LogP contribution in [0.25, 0.3) is 21.6 Å². The molecule has 1 fully saturated rings. The van der Waals surface area contributed by atoms with Crippen molar-refractivity contribution in [3.8, 4) is 11.4 Å². The number of piperazine rings is 1. The topological polar surface area (TPSA) is 105 Å². The molecule has 1 aromatic carbocycles. The molecule has 8 nitrogen and oxygen atoms in total. The number of thiophene rings is 1. The Hall–Kier alpha value is -3.08. The van der Waals surface area contributed by atoms with Gasteiger partial charge in [-0.2, -0.15) is 0 Å². The van der Waals surface area contributed by atoms with Gasteiger partial charge in [0, 0.05) is 54.7 Å². The molecule has 1 aliphatic heterocycles. The molecule has 0 amide bonds. The fourth-order valence-electron chi connectivity index (χ4n) is 4.85. The Bertz CT molecular complexity index is 1460. The number of anilines is 2. The number of primary sulfonamides is 1. The summed E-state index contributed by atoms with van der Waals surface area (Å²) in [6.45, 7) is 3.27. The van der Waals surface area contributed by atoms with Gasteiger partial charge in [0.05, 0.1) is 10.3 Å². The molecule has 10 heteroatoms. The van der Waals surface area contributed by atoms with E-state index in [1.807, 2.05) is 30.5 Å². The highest BCUT2D eigenvalue weighted by Gasteiger charge is 2.27. The molecule has 0 unspecified atom stereocenters. The molecule has 3 aromatic heterocycles. The zero-order valence-electron chi connectivity index (χ0n) is 18.5. The third-order valence-corrected chi connectivity index (χ3v) is 8.69. The van der Waals surface area contributed by atoms with E-state index < -0.39 is 10.0 Å². The molecule has 1 saturated heterocycles. The first-order valence-corrected chi connectivity index (χ1v) is 13.7. The van der Waals surface area contributed by atoms with Gasteiger partial charge in [-0.25, -0.2) is 23.5 Å². The summed E-state index contributed by atoms with van der Waals surface area (Å²) in [5, 5.41) is 6.45. The molecule has 1 aliphatic carbocycles. The van der Waals surface area contributed by atoms with Crippen LogP contribution in [-0.4, -0.2) is 49.5 Å². The molecule has 4 heterocycles. The monoisotopic (exact) mass is 492 g/mol. The van der Waals surface area contributed by atoms with Crippen molar-refractivity contribution in [1.29, 1.82) is 0 Å². The summed E-state index contributed by atoms with van der Waals surface area (Å²) in [5.74, 6) is 1.74. The highest BCUT2D eigenvalue weighted by Crippen LogP contribution is 2.41. The Balaban J connectivity index is 1.31. The largest absolute Gasteiger partial charge is 0.368 e. The lowest BCUT2D eigenvalue weighted by molar-refractivity contribution is 0.597. The summed E-state index contributed by atoms with van der Waals surface area (Å²) >= 11 is 1.81. The number of pyridine rings is 1. The van der Waals surface area contributed by atoms with E-state index in [0.29, 0.717) is 0 Å². The Morgan fingerprint density at radius 2 is 1.71 bits per heavy atom. The lowest BCUT2D eigenvalue weighted by atomic mass is 10.1. The van der Waals surface area contributed by atoms with Crippen molar-refractivity contribution >= 4 is 43.1 Å². The van der Waals surface area contributed by atoms with Gasteiger partial charge in [0.15, 0.2) is 5.82 Å². The van der Waals surface area contributed by atoms with Crippen LogP contribution in [0.5, 0.6) is 0 Å². The molecule has 0 radical (unpaired) electrons. The van der Waals surface area contributed by atoms with E-state index in [1.165, 1.54) is 22.2 Å². The summed E-state index contributed by atoms with van der Waals surface area (Å²) in [6.07, 6.45) is 6.99. The number of aromatic nitrogens is 3. The van der Waals surface area contributed by atoms with Crippen LogP contribution in [-0.2, 0) is 22.9 Å². The number of benzene rings is 1. The maximum absolute atomic E-state index is 11.6. The lowest BCUT2D eigenvalue weighted by Gasteiger charge is -2.37. The predicted octanol–water partition coefficient (Wildman–Crippen LogP) is 3.22. The Morgan fingerprint density at radius 3 is 2.41 bits per heavy atom. The summed E-state index contributed by atoms with van der Waals surface area (Å²) in [4.78, 5) is 21.5. The van der Waals surface area contributed by atoms with Crippen molar-refractivity contribution in [1.82, 2.24) is 15.0 Å². The standard InChI is InChI=1S/C24H24N6O2S2/c25-34(31,32)18-8-6-17(7-9-18)29-11-13-30(14-12-29)23-21-19-4-1-5-20(19)33-24(21)28-22(27-23)16-3-2-10-26-15-16/h2-3,6-10,15H,1,4-5,11-14H2,(H2,25,31,32). The van der Waals surface area contributed by atoms with Crippen molar-refractivity contribution < 1.29 is 8.42 Å². The van der Waals surface area contributed by atoms with E-state index in [-0.39, 0.29) is 4.90 Å². The minimum absolute atomic E-state index is 0.132. The molecule has 4 aromatic rings. The molecule has 2 aliphatic rings. The highest BCUT2D eigenvalue weighted by atomic mass is 32.2. The second-order valence-corrected chi connectivity index (χ2v) is 11.3. The number of aryl methyl sites for hydroxylation is 2. The molecular formula is C24H24N6O2S2. The van der Waals surface area contributed by atoms with Crippen molar-refractivity contribution in [3.63, 3.8) is 0 Å². The SMILES string of the molecule is NS(=O)(=O)c1ccc(N2CCN(c3nc(-c4cccnc4)nc4sc5c(c34)CCC5)CC2)cc1. The lowest BCUT2D eigenvalue weighted by Crippen LogP contribution is -2.47. The van der Waals surface area contributed by atoms with Crippen LogP contribution >= 0.6 is 11.3 Å². The first-order valence-electron chi connectivity index (χ1n) is 11.3. The maximum atomic E-state index is 11.6. The molecular weight excluding hydrogens is 468 g/mol. The maximum Gasteiger partial charge on any atom is 0.238 e. The number of nitrogens with two attached hydrogens (primary N) is 1. The van der Waals surface area contributed by atoms with Crippen LogP contribution in [0.15, 0.2) is 53.7 Å². The van der Waals surface area contributed by atoms with Gasteiger partial charge in [-0.1, -0.05) is 0 Å². The highest BCUT2D eigenvalue weighted by molar-refractivity contribution is 7.89. The average molecular weight is 493 g/mol. The number of sulfonamides is 1. The molecule has 174 valence electrons. The number of hydrogen-bond donors (Lipinski definition) is 1. The zero-order chi connectivity index (χ0) is 23.3. The molecule has 0 atom stereocenters. The summed E-state index contributed by atoms with van der Waals surface area (Å²) in [7, 11) is -3.69. The zero-order valence-corrected chi connectivity index (χ0v) is 20.1. The van der Waals surface area contributed by atoms with E-state index in [1.54, 1.807) is 29.7 Å². The summed E-state index contributed by atoms with van der Waals surface area (Å²) < 4.78 is 23.1. The molecule has 2 N–H and O–H groups in total. The Labute approximate surface area is 202 Å². The van der Waals surface area contributed by atoms with E-state index >= 15 is 0 Å². The second-order valence-electron chi connectivity index (χ2n) is 8.66. The Morgan fingerprint density at radius 1 is 0.941 bits per heavy atom.